The lowest BCUT2D eigenvalue weighted by Crippen LogP contribution is -2.53. The van der Waals surface area contributed by atoms with Crippen LogP contribution in [0.4, 0.5) is 13.2 Å². The summed E-state index contributed by atoms with van der Waals surface area (Å²) < 4.78 is 45.4. The van der Waals surface area contributed by atoms with Crippen molar-refractivity contribution in [2.24, 2.45) is 0 Å². The van der Waals surface area contributed by atoms with Gasteiger partial charge in [0.1, 0.15) is 24.4 Å². The number of nitrogens with zero attached hydrogens (tertiary/aromatic N) is 3. The van der Waals surface area contributed by atoms with Crippen LogP contribution in [0.15, 0.2) is 66.9 Å². The van der Waals surface area contributed by atoms with Gasteiger partial charge in [-0.05, 0) is 30.2 Å². The van der Waals surface area contributed by atoms with Crippen molar-refractivity contribution in [2.75, 3.05) is 26.7 Å². The standard InChI is InChI=1S/C30H33F3N6O5/c1-38-16-17-44-24-11-6-5-10-21(24)27(41)36-22(19-26(40)35-23(29(38)43)18-20-8-3-2-4-9-20)28(42)34-13-7-14-39-15-12-25(37-39)30(31,32)33/h2-6,8-12,15,22-23H,7,13-14,16-19H2,1H3,(H,34,42)(H,35,40)(H,36,41)/t22-,23-/m0/s1. The number of hydrogen-bond acceptors (Lipinski definition) is 6. The zero-order valence-electron chi connectivity index (χ0n) is 24.0. The van der Waals surface area contributed by atoms with Gasteiger partial charge in [-0.1, -0.05) is 42.5 Å². The highest BCUT2D eigenvalue weighted by Gasteiger charge is 2.33. The number of amides is 4. The molecule has 4 amide bonds. The van der Waals surface area contributed by atoms with Crippen LogP contribution < -0.4 is 20.7 Å². The monoisotopic (exact) mass is 614 g/mol. The number of halogens is 3. The third-order valence-corrected chi connectivity index (χ3v) is 6.91. The number of rotatable bonds is 7. The number of nitrogens with one attached hydrogen (secondary N) is 3. The van der Waals surface area contributed by atoms with Crippen molar-refractivity contribution in [3.05, 3.63) is 83.7 Å². The maximum Gasteiger partial charge on any atom is 0.435 e. The fourth-order valence-corrected chi connectivity index (χ4v) is 4.60. The average Bonchev–Trinajstić information content (AvgIpc) is 3.48. The van der Waals surface area contributed by atoms with E-state index in [-0.39, 0.29) is 56.3 Å². The fraction of sp³-hybridized carbons (Fsp3) is 0.367. The summed E-state index contributed by atoms with van der Waals surface area (Å²) in [5.41, 5.74) is -0.0691. The van der Waals surface area contributed by atoms with Gasteiger partial charge in [0.05, 0.1) is 18.5 Å². The molecule has 0 saturated carbocycles. The number of aryl methyl sites for hydroxylation is 1. The molecule has 234 valence electrons. The Balaban J connectivity index is 1.49. The molecule has 0 bridgehead atoms. The van der Waals surface area contributed by atoms with Crippen LogP contribution in [0.25, 0.3) is 0 Å². The van der Waals surface area contributed by atoms with Gasteiger partial charge in [0.2, 0.25) is 17.7 Å². The van der Waals surface area contributed by atoms with Crippen LogP contribution in [0.3, 0.4) is 0 Å². The Hall–Kier alpha value is -4.88. The number of ether oxygens (including phenoxy) is 1. The Morgan fingerprint density at radius 3 is 2.50 bits per heavy atom. The second-order valence-corrected chi connectivity index (χ2v) is 10.3. The molecule has 4 rings (SSSR count). The molecule has 44 heavy (non-hydrogen) atoms. The first kappa shape index (κ1) is 32.0. The number of alkyl halides is 3. The molecule has 3 aromatic rings. The molecule has 0 radical (unpaired) electrons. The number of carbonyl (C=O) groups excluding carboxylic acids is 4. The van der Waals surface area contributed by atoms with Crippen molar-refractivity contribution >= 4 is 23.6 Å². The number of para-hydroxylation sites is 1. The maximum absolute atomic E-state index is 13.4. The summed E-state index contributed by atoms with van der Waals surface area (Å²) in [4.78, 5) is 54.5. The van der Waals surface area contributed by atoms with Crippen molar-refractivity contribution < 1.29 is 37.1 Å². The molecular weight excluding hydrogens is 581 g/mol. The van der Waals surface area contributed by atoms with Gasteiger partial charge in [0, 0.05) is 32.8 Å². The molecule has 2 atom stereocenters. The summed E-state index contributed by atoms with van der Waals surface area (Å²) in [6, 6.07) is 14.1. The van der Waals surface area contributed by atoms with Gasteiger partial charge in [0.25, 0.3) is 5.91 Å². The predicted molar refractivity (Wildman–Crippen MR) is 152 cm³/mol. The van der Waals surface area contributed by atoms with Crippen LogP contribution in [-0.2, 0) is 33.5 Å². The molecule has 11 nitrogen and oxygen atoms in total. The number of fused-ring (bicyclic) bond motifs is 1. The highest BCUT2D eigenvalue weighted by Crippen LogP contribution is 2.27. The van der Waals surface area contributed by atoms with Crippen LogP contribution in [0.2, 0.25) is 0 Å². The normalized spacial score (nSPS) is 18.4. The number of hydrogen-bond donors (Lipinski definition) is 3. The number of carbonyl (C=O) groups is 4. The number of likely N-dealkylation sites (N-methyl/N-ethyl adjacent to an activating group) is 1. The van der Waals surface area contributed by atoms with E-state index in [1.807, 2.05) is 30.3 Å². The first-order chi connectivity index (χ1) is 21.0. The second-order valence-electron chi connectivity index (χ2n) is 10.3. The van der Waals surface area contributed by atoms with Crippen LogP contribution in [0, 0.1) is 0 Å². The molecule has 2 heterocycles. The second kappa shape index (κ2) is 14.5. The summed E-state index contributed by atoms with van der Waals surface area (Å²) in [6.07, 6.45) is -3.41. The van der Waals surface area contributed by atoms with E-state index in [1.54, 1.807) is 25.2 Å². The highest BCUT2D eigenvalue weighted by molar-refractivity contribution is 6.01. The molecule has 1 aliphatic heterocycles. The topological polar surface area (TPSA) is 135 Å². The molecule has 0 fully saturated rings. The molecule has 0 unspecified atom stereocenters. The van der Waals surface area contributed by atoms with Crippen molar-refractivity contribution in [3.63, 3.8) is 0 Å². The van der Waals surface area contributed by atoms with E-state index in [0.29, 0.717) is 0 Å². The molecular formula is C30H33F3N6O5. The summed E-state index contributed by atoms with van der Waals surface area (Å²) in [5.74, 6) is -2.07. The third kappa shape index (κ3) is 8.82. The lowest BCUT2D eigenvalue weighted by atomic mass is 10.0. The van der Waals surface area contributed by atoms with Crippen molar-refractivity contribution in [3.8, 4) is 5.75 Å². The van der Waals surface area contributed by atoms with Crippen LogP contribution in [0.1, 0.15) is 34.5 Å². The Morgan fingerprint density at radius 1 is 1.05 bits per heavy atom. The Bertz CT molecular complexity index is 1460. The van der Waals surface area contributed by atoms with E-state index in [4.69, 9.17) is 4.74 Å². The Morgan fingerprint density at radius 2 is 1.77 bits per heavy atom. The molecule has 0 saturated heterocycles. The van der Waals surface area contributed by atoms with E-state index < -0.39 is 48.1 Å². The van der Waals surface area contributed by atoms with Gasteiger partial charge in [-0.15, -0.1) is 0 Å². The minimum absolute atomic E-state index is 0.0354. The number of aromatic nitrogens is 2. The number of benzene rings is 2. The first-order valence-corrected chi connectivity index (χ1v) is 14.0. The largest absolute Gasteiger partial charge is 0.491 e. The molecule has 2 aromatic carbocycles. The van der Waals surface area contributed by atoms with Crippen LogP contribution >= 0.6 is 0 Å². The SMILES string of the molecule is CN1CCOc2ccccc2C(=O)N[C@H](C(=O)NCCCn2ccc(C(F)(F)F)n2)CC(=O)N[C@@H](Cc2ccccc2)C1=O. The molecule has 1 aliphatic rings. The average molecular weight is 615 g/mol. The van der Waals surface area contributed by atoms with Gasteiger partial charge in [0.15, 0.2) is 5.69 Å². The van der Waals surface area contributed by atoms with Gasteiger partial charge < -0.3 is 25.6 Å². The Labute approximate surface area is 251 Å². The zero-order chi connectivity index (χ0) is 31.7. The molecule has 0 aliphatic carbocycles. The van der Waals surface area contributed by atoms with E-state index >= 15 is 0 Å². The van der Waals surface area contributed by atoms with Crippen LogP contribution in [0.5, 0.6) is 5.75 Å². The molecule has 3 N–H and O–H groups in total. The predicted octanol–water partition coefficient (Wildman–Crippen LogP) is 2.18. The van der Waals surface area contributed by atoms with E-state index in [0.717, 1.165) is 16.3 Å². The summed E-state index contributed by atoms with van der Waals surface area (Å²) >= 11 is 0. The fourth-order valence-electron chi connectivity index (χ4n) is 4.60. The first-order valence-electron chi connectivity index (χ1n) is 14.0. The molecule has 14 heteroatoms. The van der Waals surface area contributed by atoms with Gasteiger partial charge in [-0.2, -0.15) is 18.3 Å². The van der Waals surface area contributed by atoms with E-state index in [1.165, 1.54) is 17.2 Å². The quantitative estimate of drug-likeness (QED) is 0.350. The molecule has 0 spiro atoms. The smallest absolute Gasteiger partial charge is 0.435 e. The van der Waals surface area contributed by atoms with Gasteiger partial charge in [-0.3, -0.25) is 23.9 Å². The van der Waals surface area contributed by atoms with Crippen molar-refractivity contribution in [2.45, 2.75) is 44.1 Å². The van der Waals surface area contributed by atoms with E-state index in [9.17, 15) is 32.3 Å². The summed E-state index contributed by atoms with van der Waals surface area (Å²) in [7, 11) is 1.59. The van der Waals surface area contributed by atoms with Gasteiger partial charge >= 0.3 is 6.18 Å². The van der Waals surface area contributed by atoms with Crippen molar-refractivity contribution in [1.82, 2.24) is 30.6 Å². The Kier molecular flexibility index (Phi) is 10.6. The lowest BCUT2D eigenvalue weighted by molar-refractivity contribution is -0.141. The summed E-state index contributed by atoms with van der Waals surface area (Å²) in [5, 5.41) is 11.4. The third-order valence-electron chi connectivity index (χ3n) is 6.91. The minimum atomic E-state index is -4.56. The minimum Gasteiger partial charge on any atom is -0.491 e. The maximum atomic E-state index is 13.4. The highest BCUT2D eigenvalue weighted by atomic mass is 19.4. The van der Waals surface area contributed by atoms with Crippen molar-refractivity contribution in [1.29, 1.82) is 0 Å². The zero-order valence-corrected chi connectivity index (χ0v) is 24.0. The van der Waals surface area contributed by atoms with E-state index in [2.05, 4.69) is 21.0 Å². The lowest BCUT2D eigenvalue weighted by Gasteiger charge is -2.26. The van der Waals surface area contributed by atoms with Gasteiger partial charge in [-0.25, -0.2) is 0 Å². The molecule has 1 aromatic heterocycles. The summed E-state index contributed by atoms with van der Waals surface area (Å²) in [6.45, 7) is 0.392. The van der Waals surface area contributed by atoms with Crippen LogP contribution in [-0.4, -0.2) is 77.1 Å².